The van der Waals surface area contributed by atoms with E-state index in [4.69, 9.17) is 5.73 Å². The molecule has 5 aromatic carbocycles. The minimum atomic E-state index is -1.63. The van der Waals surface area contributed by atoms with Crippen LogP contribution < -0.4 is 10.9 Å². The molecule has 122 valence electrons. The fourth-order valence-electron chi connectivity index (χ4n) is 4.35. The van der Waals surface area contributed by atoms with Crippen LogP contribution in [0.15, 0.2) is 66.7 Å². The summed E-state index contributed by atoms with van der Waals surface area (Å²) in [5.41, 5.74) is 6.15. The van der Waals surface area contributed by atoms with E-state index in [9.17, 15) is 0 Å². The lowest BCUT2D eigenvalue weighted by Gasteiger charge is -2.24. The van der Waals surface area contributed by atoms with Gasteiger partial charge < -0.3 is 5.73 Å². The number of hydrogen-bond donors (Lipinski definition) is 1. The van der Waals surface area contributed by atoms with Crippen LogP contribution in [0.2, 0.25) is 13.1 Å². The first-order chi connectivity index (χ1) is 12.1. The predicted octanol–water partition coefficient (Wildman–Crippen LogP) is 5.15. The molecule has 0 saturated heterocycles. The summed E-state index contributed by atoms with van der Waals surface area (Å²) in [4.78, 5) is 0. The highest BCUT2D eigenvalue weighted by molar-refractivity contribution is 6.91. The smallest absolute Gasteiger partial charge is 0.0950 e. The zero-order chi connectivity index (χ0) is 17.2. The molecule has 2 N–H and O–H groups in total. The SMILES string of the molecule is C[Si](C)(CN)c1ccc2c3cccc4cccc(c5cccc1c52)c43. The van der Waals surface area contributed by atoms with Gasteiger partial charge in [0.05, 0.1) is 8.07 Å². The van der Waals surface area contributed by atoms with Crippen molar-refractivity contribution < 1.29 is 0 Å². The average molecular weight is 340 g/mol. The molecule has 5 aromatic rings. The second kappa shape index (κ2) is 5.04. The monoisotopic (exact) mass is 339 g/mol. The Morgan fingerprint density at radius 1 is 0.640 bits per heavy atom. The lowest BCUT2D eigenvalue weighted by molar-refractivity contribution is 1.31. The molecule has 1 nitrogen and oxygen atoms in total. The van der Waals surface area contributed by atoms with Crippen LogP contribution in [0.3, 0.4) is 0 Å². The molecule has 0 aliphatic rings. The standard InChI is InChI=1S/C23H21NSi/c1-25(2,14-24)21-13-12-19-17-9-4-7-15-6-3-8-16(22(15)17)18-10-5-11-20(21)23(18)19/h3-13H,14,24H2,1-2H3. The molecule has 0 spiro atoms. The Balaban J connectivity index is 2.11. The number of nitrogens with two attached hydrogens (primary N) is 1. The average Bonchev–Trinajstić information content (AvgIpc) is 2.65. The molecule has 5 rings (SSSR count). The Hall–Kier alpha value is -2.42. The van der Waals surface area contributed by atoms with Crippen molar-refractivity contribution in [3.8, 4) is 0 Å². The predicted molar refractivity (Wildman–Crippen MR) is 114 cm³/mol. The van der Waals surface area contributed by atoms with Crippen molar-refractivity contribution in [3.63, 3.8) is 0 Å². The van der Waals surface area contributed by atoms with E-state index in [0.717, 1.165) is 6.17 Å². The molecule has 0 saturated carbocycles. The van der Waals surface area contributed by atoms with Crippen LogP contribution in [-0.4, -0.2) is 14.2 Å². The van der Waals surface area contributed by atoms with Crippen LogP contribution in [-0.2, 0) is 0 Å². The summed E-state index contributed by atoms with van der Waals surface area (Å²) in [5, 5.41) is 12.4. The van der Waals surface area contributed by atoms with Crippen molar-refractivity contribution in [2.24, 2.45) is 5.73 Å². The molecule has 0 aliphatic heterocycles. The van der Waals surface area contributed by atoms with Crippen molar-refractivity contribution >= 4 is 56.4 Å². The Bertz CT molecular complexity index is 1200. The topological polar surface area (TPSA) is 26.0 Å². The third kappa shape index (κ3) is 1.92. The second-order valence-corrected chi connectivity index (χ2v) is 12.4. The van der Waals surface area contributed by atoms with E-state index >= 15 is 0 Å². The summed E-state index contributed by atoms with van der Waals surface area (Å²) in [7, 11) is -1.63. The Morgan fingerprint density at radius 2 is 1.16 bits per heavy atom. The van der Waals surface area contributed by atoms with Crippen LogP contribution >= 0.6 is 0 Å². The van der Waals surface area contributed by atoms with Gasteiger partial charge in [0.2, 0.25) is 0 Å². The Kier molecular flexibility index (Phi) is 3.00. The van der Waals surface area contributed by atoms with Crippen molar-refractivity contribution in [2.45, 2.75) is 13.1 Å². The van der Waals surface area contributed by atoms with Crippen molar-refractivity contribution in [2.75, 3.05) is 6.17 Å². The van der Waals surface area contributed by atoms with Crippen LogP contribution in [0.1, 0.15) is 0 Å². The zero-order valence-electron chi connectivity index (χ0n) is 14.6. The van der Waals surface area contributed by atoms with E-state index in [0.29, 0.717) is 0 Å². The summed E-state index contributed by atoms with van der Waals surface area (Å²) in [5.74, 6) is 0. The highest BCUT2D eigenvalue weighted by Crippen LogP contribution is 2.39. The lowest BCUT2D eigenvalue weighted by atomic mass is 9.90. The van der Waals surface area contributed by atoms with Gasteiger partial charge in [-0.3, -0.25) is 0 Å². The summed E-state index contributed by atoms with van der Waals surface area (Å²) in [6.45, 7) is 4.74. The van der Waals surface area contributed by atoms with Gasteiger partial charge in [0.1, 0.15) is 0 Å². The minimum Gasteiger partial charge on any atom is -0.333 e. The van der Waals surface area contributed by atoms with Gasteiger partial charge in [-0.2, -0.15) is 0 Å². The molecule has 0 amide bonds. The number of fused-ring (bicyclic) bond motifs is 2. The number of rotatable bonds is 2. The van der Waals surface area contributed by atoms with Crippen LogP contribution in [0, 0.1) is 0 Å². The fraction of sp³-hybridized carbons (Fsp3) is 0.130. The molecule has 0 heterocycles. The van der Waals surface area contributed by atoms with Crippen molar-refractivity contribution in [3.05, 3.63) is 66.7 Å². The highest BCUT2D eigenvalue weighted by Gasteiger charge is 2.25. The van der Waals surface area contributed by atoms with E-state index in [1.54, 1.807) is 0 Å². The van der Waals surface area contributed by atoms with Crippen LogP contribution in [0.25, 0.3) is 43.1 Å². The van der Waals surface area contributed by atoms with Crippen molar-refractivity contribution in [1.82, 2.24) is 0 Å². The zero-order valence-corrected chi connectivity index (χ0v) is 15.6. The van der Waals surface area contributed by atoms with E-state index in [1.807, 2.05) is 0 Å². The first-order valence-corrected chi connectivity index (χ1v) is 12.1. The lowest BCUT2D eigenvalue weighted by Crippen LogP contribution is -2.49. The first kappa shape index (κ1) is 14.9. The van der Waals surface area contributed by atoms with Gasteiger partial charge in [-0.1, -0.05) is 85.0 Å². The van der Waals surface area contributed by atoms with E-state index in [1.165, 1.54) is 48.3 Å². The summed E-state index contributed by atoms with van der Waals surface area (Å²) >= 11 is 0. The van der Waals surface area contributed by atoms with E-state index < -0.39 is 8.07 Å². The Labute approximate surface area is 148 Å². The second-order valence-electron chi connectivity index (χ2n) is 7.69. The number of benzene rings is 5. The molecular formula is C23H21NSi. The molecule has 2 heteroatoms. The van der Waals surface area contributed by atoms with Crippen molar-refractivity contribution in [1.29, 1.82) is 0 Å². The van der Waals surface area contributed by atoms with Crippen LogP contribution in [0.5, 0.6) is 0 Å². The maximum atomic E-state index is 6.15. The minimum absolute atomic E-state index is 0.776. The highest BCUT2D eigenvalue weighted by atomic mass is 28.3. The Morgan fingerprint density at radius 3 is 1.80 bits per heavy atom. The molecule has 25 heavy (non-hydrogen) atoms. The number of hydrogen-bond acceptors (Lipinski definition) is 1. The van der Waals surface area contributed by atoms with Gasteiger partial charge in [-0.05, 0) is 49.3 Å². The fourth-order valence-corrected chi connectivity index (χ4v) is 6.04. The van der Waals surface area contributed by atoms with E-state index in [2.05, 4.69) is 79.8 Å². The van der Waals surface area contributed by atoms with Gasteiger partial charge in [0.25, 0.3) is 0 Å². The molecule has 0 radical (unpaired) electrons. The molecular weight excluding hydrogens is 318 g/mol. The van der Waals surface area contributed by atoms with Crippen LogP contribution in [0.4, 0.5) is 0 Å². The van der Waals surface area contributed by atoms with Gasteiger partial charge in [0, 0.05) is 0 Å². The van der Waals surface area contributed by atoms with E-state index in [-0.39, 0.29) is 0 Å². The molecule has 0 bridgehead atoms. The summed E-state index contributed by atoms with van der Waals surface area (Å²) in [6, 6.07) is 24.7. The first-order valence-electron chi connectivity index (χ1n) is 8.90. The summed E-state index contributed by atoms with van der Waals surface area (Å²) < 4.78 is 0. The molecule has 0 fully saturated rings. The molecule has 0 unspecified atom stereocenters. The summed E-state index contributed by atoms with van der Waals surface area (Å²) in [6.07, 6.45) is 0.776. The molecule has 0 atom stereocenters. The van der Waals surface area contributed by atoms with Gasteiger partial charge >= 0.3 is 0 Å². The normalized spacial score (nSPS) is 12.8. The van der Waals surface area contributed by atoms with Gasteiger partial charge in [-0.25, -0.2) is 0 Å². The molecule has 0 aromatic heterocycles. The third-order valence-corrected chi connectivity index (χ3v) is 8.68. The van der Waals surface area contributed by atoms with Gasteiger partial charge in [-0.15, -0.1) is 0 Å². The van der Waals surface area contributed by atoms with Gasteiger partial charge in [0.15, 0.2) is 0 Å². The molecule has 0 aliphatic carbocycles. The third-order valence-electron chi connectivity index (χ3n) is 5.77. The maximum absolute atomic E-state index is 6.15. The maximum Gasteiger partial charge on any atom is 0.0950 e. The largest absolute Gasteiger partial charge is 0.333 e. The quantitative estimate of drug-likeness (QED) is 0.269.